The lowest BCUT2D eigenvalue weighted by molar-refractivity contribution is -0.376. The Morgan fingerprint density at radius 2 is 0.815 bits per heavy atom. The van der Waals surface area contributed by atoms with Gasteiger partial charge in [0.1, 0.15) is 0 Å². The van der Waals surface area contributed by atoms with Gasteiger partial charge in [0.05, 0.1) is 27.2 Å². The third-order valence-corrected chi connectivity index (χ3v) is 9.31. The van der Waals surface area contributed by atoms with Crippen molar-refractivity contribution in [2.45, 2.75) is 76.6 Å². The van der Waals surface area contributed by atoms with Crippen LogP contribution < -0.4 is 22.2 Å². The van der Waals surface area contributed by atoms with Gasteiger partial charge in [0.15, 0.2) is 0 Å². The molecule has 8 nitrogen and oxygen atoms in total. The number of aliphatic hydroxyl groups is 2. The van der Waals surface area contributed by atoms with Crippen molar-refractivity contribution in [2.75, 3.05) is 0 Å². The Kier molecular flexibility index (Phi) is 8.94. The van der Waals surface area contributed by atoms with Gasteiger partial charge in [-0.15, -0.1) is 0 Å². The molecule has 20 heteroatoms. The van der Waals surface area contributed by atoms with Crippen LogP contribution in [-0.2, 0) is 11.2 Å². The number of hydrogen-bond acceptors (Lipinski definition) is 6. The summed E-state index contributed by atoms with van der Waals surface area (Å²) >= 11 is 0. The number of nitrogens with zero attached hydrogens (tertiary/aromatic N) is 2. The first-order valence-corrected chi connectivity index (χ1v) is 15.3. The Morgan fingerprint density at radius 3 is 1.19 bits per heavy atom. The van der Waals surface area contributed by atoms with Gasteiger partial charge in [0.25, 0.3) is 33.4 Å². The highest BCUT2D eigenvalue weighted by atomic mass is 19.4. The molecule has 290 valence electrons. The average Bonchev–Trinajstić information content (AvgIpc) is 3.40. The maximum absolute atomic E-state index is 14.5. The molecule has 0 bridgehead atoms. The van der Waals surface area contributed by atoms with E-state index in [0.29, 0.717) is 12.1 Å². The molecule has 2 N–H and O–H groups in total. The molecular formula is C34H24F12N2O6. The summed E-state index contributed by atoms with van der Waals surface area (Å²) in [6.07, 6.45) is -26.3. The molecule has 2 aromatic heterocycles. The minimum atomic E-state index is -6.72. The second kappa shape index (κ2) is 12.0. The second-order valence-corrected chi connectivity index (χ2v) is 13.0. The Bertz CT molecular complexity index is 2470. The van der Waals surface area contributed by atoms with Crippen LogP contribution in [0.1, 0.15) is 47.7 Å². The number of fused-ring (bicyclic) bond motifs is 2. The molecule has 0 aliphatic rings. The summed E-state index contributed by atoms with van der Waals surface area (Å²) in [6.45, 7) is 5.56. The molecule has 0 aliphatic heterocycles. The topological polar surface area (TPSA) is 119 Å². The van der Waals surface area contributed by atoms with E-state index < -0.39 is 125 Å². The van der Waals surface area contributed by atoms with E-state index in [1.807, 2.05) is 0 Å². The van der Waals surface area contributed by atoms with Crippen molar-refractivity contribution >= 4 is 21.5 Å². The van der Waals surface area contributed by atoms with Crippen molar-refractivity contribution in [1.29, 1.82) is 0 Å². The summed E-state index contributed by atoms with van der Waals surface area (Å²) < 4.78 is 171. The van der Waals surface area contributed by atoms with E-state index in [1.165, 1.54) is 13.8 Å². The fourth-order valence-electron chi connectivity index (χ4n) is 6.60. The molecule has 0 atom stereocenters. The predicted molar refractivity (Wildman–Crippen MR) is 168 cm³/mol. The van der Waals surface area contributed by atoms with Crippen LogP contribution in [0.15, 0.2) is 55.6 Å². The molecule has 5 aromatic rings. The number of aromatic nitrogens is 2. The van der Waals surface area contributed by atoms with Crippen molar-refractivity contribution in [3.05, 3.63) is 106 Å². The fraction of sp³-hybridized carbons (Fsp3) is 0.353. The van der Waals surface area contributed by atoms with E-state index in [4.69, 9.17) is 0 Å². The molecule has 2 heterocycles. The number of rotatable bonds is 5. The van der Waals surface area contributed by atoms with Gasteiger partial charge >= 0.3 is 24.7 Å². The summed E-state index contributed by atoms with van der Waals surface area (Å²) in [5.41, 5.74) is -25.9. The molecule has 0 spiro atoms. The zero-order chi connectivity index (χ0) is 41.2. The van der Waals surface area contributed by atoms with Crippen molar-refractivity contribution < 1.29 is 62.9 Å². The first-order valence-electron chi connectivity index (χ1n) is 15.3. The van der Waals surface area contributed by atoms with Crippen molar-refractivity contribution in [2.24, 2.45) is 0 Å². The highest BCUT2D eigenvalue weighted by Gasteiger charge is 2.73. The number of alkyl halides is 12. The van der Waals surface area contributed by atoms with Gasteiger partial charge in [-0.25, -0.2) is 4.57 Å². The molecule has 3 aromatic carbocycles. The Morgan fingerprint density at radius 1 is 0.481 bits per heavy atom. The standard InChI is InChI=1S/C34H24F12N2O6/c1-12(2)47-25(49)18-8-20-21(9-19(18)26(47)50)28(52)48(27(20)51)24-7-14(4)17(11-23(24)30(54,33(41,42)43)34(44,45)46)16-10-22(15(5)6-13(16)3)29(53,31(35,36)37)32(38,39)40/h6-12,53-54H,1-5H3. The molecule has 0 unspecified atom stereocenters. The number of hydrogen-bond donors (Lipinski definition) is 2. The van der Waals surface area contributed by atoms with Gasteiger partial charge in [0, 0.05) is 17.2 Å². The summed E-state index contributed by atoms with van der Waals surface area (Å²) in [5.74, 6) is 0. The molecular weight excluding hydrogens is 760 g/mol. The smallest absolute Gasteiger partial charge is 0.369 e. The normalized spacial score (nSPS) is 13.9. The third kappa shape index (κ3) is 5.46. The maximum atomic E-state index is 14.5. The number of benzene rings is 3. The van der Waals surface area contributed by atoms with E-state index in [9.17, 15) is 82.1 Å². The number of aryl methyl sites for hydroxylation is 3. The van der Waals surface area contributed by atoms with E-state index in [-0.39, 0.29) is 22.3 Å². The van der Waals surface area contributed by atoms with Gasteiger partial charge in [-0.1, -0.05) is 6.07 Å². The third-order valence-electron chi connectivity index (χ3n) is 9.31. The highest BCUT2D eigenvalue weighted by molar-refractivity contribution is 5.98. The Balaban J connectivity index is 1.96. The summed E-state index contributed by atoms with van der Waals surface area (Å²) in [4.78, 5) is 53.3. The van der Waals surface area contributed by atoms with Crippen molar-refractivity contribution in [1.82, 2.24) is 9.13 Å². The second-order valence-electron chi connectivity index (χ2n) is 13.0. The van der Waals surface area contributed by atoms with E-state index in [1.54, 1.807) is 0 Å². The van der Waals surface area contributed by atoms with Crippen LogP contribution in [0.2, 0.25) is 0 Å². The first kappa shape index (κ1) is 40.2. The van der Waals surface area contributed by atoms with Crippen LogP contribution in [0, 0.1) is 20.8 Å². The molecule has 5 rings (SSSR count). The first-order chi connectivity index (χ1) is 24.3. The molecule has 0 amide bonds. The van der Waals surface area contributed by atoms with Gasteiger partial charge in [-0.2, -0.15) is 52.7 Å². The summed E-state index contributed by atoms with van der Waals surface area (Å²) in [6, 6.07) is 1.73. The summed E-state index contributed by atoms with van der Waals surface area (Å²) in [7, 11) is 0. The lowest BCUT2D eigenvalue weighted by atomic mass is 9.82. The van der Waals surface area contributed by atoms with Crippen molar-refractivity contribution in [3.8, 4) is 16.8 Å². The van der Waals surface area contributed by atoms with Crippen LogP contribution in [-0.4, -0.2) is 44.1 Å². The van der Waals surface area contributed by atoms with E-state index >= 15 is 0 Å². The largest absolute Gasteiger partial charge is 0.430 e. The van der Waals surface area contributed by atoms with Crippen LogP contribution in [0.4, 0.5) is 52.7 Å². The molecule has 0 saturated carbocycles. The van der Waals surface area contributed by atoms with Crippen LogP contribution in [0.5, 0.6) is 0 Å². The predicted octanol–water partition coefficient (Wildman–Crippen LogP) is 6.70. The average molecular weight is 785 g/mol. The molecule has 0 aliphatic carbocycles. The Labute approximate surface area is 292 Å². The Hall–Kier alpha value is -4.98. The molecule has 0 fully saturated rings. The van der Waals surface area contributed by atoms with Crippen LogP contribution in [0.3, 0.4) is 0 Å². The van der Waals surface area contributed by atoms with E-state index in [0.717, 1.165) is 37.5 Å². The molecule has 0 saturated heterocycles. The zero-order valence-corrected chi connectivity index (χ0v) is 28.0. The highest BCUT2D eigenvalue weighted by Crippen LogP contribution is 2.54. The fourth-order valence-corrected chi connectivity index (χ4v) is 6.60. The van der Waals surface area contributed by atoms with Crippen molar-refractivity contribution in [3.63, 3.8) is 0 Å². The molecule has 54 heavy (non-hydrogen) atoms. The lowest BCUT2D eigenvalue weighted by Crippen LogP contribution is -2.54. The molecule has 0 radical (unpaired) electrons. The minimum absolute atomic E-state index is 0.0652. The van der Waals surface area contributed by atoms with Crippen LogP contribution in [0.25, 0.3) is 38.4 Å². The van der Waals surface area contributed by atoms with E-state index in [2.05, 4.69) is 0 Å². The lowest BCUT2D eigenvalue weighted by Gasteiger charge is -2.35. The van der Waals surface area contributed by atoms with Gasteiger partial charge < -0.3 is 10.2 Å². The van der Waals surface area contributed by atoms with Gasteiger partial charge in [0.2, 0.25) is 0 Å². The SMILES string of the molecule is Cc1cc(C)c(C(O)(C(F)(F)F)C(F)(F)F)cc1-c1cc(C(O)(C(F)(F)F)C(F)(F)F)c(-n2c(=O)c3cc4c(=O)n(C(C)C)c(=O)c4cc3c2=O)cc1C. The van der Waals surface area contributed by atoms with Gasteiger partial charge in [-0.05, 0) is 92.8 Å². The monoisotopic (exact) mass is 784 g/mol. The maximum Gasteiger partial charge on any atom is 0.430 e. The number of halogens is 12. The van der Waals surface area contributed by atoms with Crippen LogP contribution >= 0.6 is 0 Å². The zero-order valence-electron chi connectivity index (χ0n) is 28.0. The quantitative estimate of drug-likeness (QED) is 0.192. The summed E-state index contributed by atoms with van der Waals surface area (Å²) in [5, 5.41) is 18.4. The van der Waals surface area contributed by atoms with Gasteiger partial charge in [-0.3, -0.25) is 23.7 Å². The minimum Gasteiger partial charge on any atom is -0.369 e.